The predicted molar refractivity (Wildman–Crippen MR) is 117 cm³/mol. The number of ether oxygens (including phenoxy) is 1. The minimum absolute atomic E-state index is 0.120. The normalized spacial score (nSPS) is 16.8. The summed E-state index contributed by atoms with van der Waals surface area (Å²) < 4.78 is 34.7. The van der Waals surface area contributed by atoms with Crippen LogP contribution >= 0.6 is 11.8 Å². The van der Waals surface area contributed by atoms with Gasteiger partial charge in [0.25, 0.3) is 5.91 Å². The first kappa shape index (κ1) is 21.4. The number of rotatable bonds is 4. The average Bonchev–Trinajstić information content (AvgIpc) is 3.00. The van der Waals surface area contributed by atoms with Crippen molar-refractivity contribution in [3.63, 3.8) is 0 Å². The average molecular weight is 444 g/mol. The largest absolute Gasteiger partial charge is 0.497 e. The maximum atomic E-state index is 14.2. The van der Waals surface area contributed by atoms with Gasteiger partial charge in [0, 0.05) is 42.3 Å². The van der Waals surface area contributed by atoms with E-state index in [4.69, 9.17) is 4.74 Å². The summed E-state index contributed by atoms with van der Waals surface area (Å²) in [5.41, 5.74) is 2.40. The van der Waals surface area contributed by atoms with Crippen molar-refractivity contribution in [1.82, 2.24) is 14.7 Å². The Kier molecular flexibility index (Phi) is 6.27. The smallest absolute Gasteiger partial charge is 0.272 e. The van der Waals surface area contributed by atoms with Gasteiger partial charge >= 0.3 is 0 Å². The molecule has 1 aliphatic heterocycles. The number of thioether (sulfide) groups is 1. The number of halogens is 2. The molecule has 2 aromatic carbocycles. The summed E-state index contributed by atoms with van der Waals surface area (Å²) in [5.74, 6) is 0.385. The minimum atomic E-state index is -0.450. The fourth-order valence-electron chi connectivity index (χ4n) is 3.74. The second-order valence-corrected chi connectivity index (χ2v) is 8.69. The molecule has 1 saturated heterocycles. The molecule has 0 aliphatic carbocycles. The first-order valence-electron chi connectivity index (χ1n) is 10.0. The molecule has 162 valence electrons. The van der Waals surface area contributed by atoms with E-state index in [-0.39, 0.29) is 11.2 Å². The van der Waals surface area contributed by atoms with Crippen molar-refractivity contribution in [2.45, 2.75) is 11.7 Å². The lowest BCUT2D eigenvalue weighted by Gasteiger charge is -2.20. The van der Waals surface area contributed by atoms with Crippen LogP contribution in [0.15, 0.2) is 48.5 Å². The molecule has 2 heterocycles. The van der Waals surface area contributed by atoms with Crippen LogP contribution in [0, 0.1) is 11.6 Å². The summed E-state index contributed by atoms with van der Waals surface area (Å²) in [7, 11) is 3.35. The van der Waals surface area contributed by atoms with E-state index in [9.17, 15) is 13.6 Å². The van der Waals surface area contributed by atoms with Gasteiger partial charge in [0.05, 0.1) is 12.8 Å². The van der Waals surface area contributed by atoms with Crippen LogP contribution in [0.3, 0.4) is 0 Å². The maximum absolute atomic E-state index is 14.2. The van der Waals surface area contributed by atoms with Crippen molar-refractivity contribution >= 4 is 17.7 Å². The van der Waals surface area contributed by atoms with Crippen molar-refractivity contribution in [2.75, 3.05) is 26.0 Å². The quantitative estimate of drug-likeness (QED) is 0.587. The lowest BCUT2D eigenvalue weighted by atomic mass is 10.1. The van der Waals surface area contributed by atoms with E-state index in [1.54, 1.807) is 41.6 Å². The van der Waals surface area contributed by atoms with Gasteiger partial charge in [-0.2, -0.15) is 16.9 Å². The van der Waals surface area contributed by atoms with Crippen LogP contribution in [-0.2, 0) is 7.05 Å². The van der Waals surface area contributed by atoms with E-state index in [1.807, 2.05) is 24.3 Å². The summed E-state index contributed by atoms with van der Waals surface area (Å²) in [4.78, 5) is 15.0. The van der Waals surface area contributed by atoms with Gasteiger partial charge in [-0.05, 0) is 42.8 Å². The molecule has 3 aromatic rings. The van der Waals surface area contributed by atoms with Crippen LogP contribution in [0.4, 0.5) is 8.78 Å². The van der Waals surface area contributed by atoms with Crippen molar-refractivity contribution in [3.05, 3.63) is 71.4 Å². The molecule has 0 spiro atoms. The summed E-state index contributed by atoms with van der Waals surface area (Å²) in [6, 6.07) is 12.8. The Balaban J connectivity index is 1.51. The van der Waals surface area contributed by atoms with E-state index in [2.05, 4.69) is 5.10 Å². The van der Waals surface area contributed by atoms with Gasteiger partial charge in [0.15, 0.2) is 0 Å². The summed E-state index contributed by atoms with van der Waals surface area (Å²) in [6.45, 7) is 1.00. The lowest BCUT2D eigenvalue weighted by Crippen LogP contribution is -2.34. The minimum Gasteiger partial charge on any atom is -0.497 e. The molecule has 1 aliphatic rings. The van der Waals surface area contributed by atoms with Gasteiger partial charge < -0.3 is 9.64 Å². The third-order valence-corrected chi connectivity index (χ3v) is 6.71. The summed E-state index contributed by atoms with van der Waals surface area (Å²) in [5, 5.41) is 4.31. The highest BCUT2D eigenvalue weighted by Gasteiger charge is 2.26. The van der Waals surface area contributed by atoms with E-state index in [1.165, 1.54) is 6.07 Å². The van der Waals surface area contributed by atoms with Gasteiger partial charge in [-0.3, -0.25) is 9.48 Å². The molecule has 1 unspecified atom stereocenters. The number of aromatic nitrogens is 2. The predicted octanol–water partition coefficient (Wildman–Crippen LogP) is 4.69. The second kappa shape index (κ2) is 9.09. The van der Waals surface area contributed by atoms with Crippen LogP contribution in [0.2, 0.25) is 0 Å². The Labute approximate surface area is 184 Å². The number of amides is 1. The Morgan fingerprint density at radius 3 is 2.81 bits per heavy atom. The SMILES string of the molecule is COc1cccc(-c2cc(C(=O)N3CCSC(c4cc(F)ccc4F)CC3)n(C)n2)c1. The molecule has 1 aromatic heterocycles. The van der Waals surface area contributed by atoms with Crippen LogP contribution in [0.25, 0.3) is 11.3 Å². The molecule has 0 saturated carbocycles. The van der Waals surface area contributed by atoms with E-state index < -0.39 is 11.6 Å². The number of methoxy groups -OCH3 is 1. The fraction of sp³-hybridized carbons (Fsp3) is 0.304. The zero-order valence-corrected chi connectivity index (χ0v) is 18.2. The maximum Gasteiger partial charge on any atom is 0.272 e. The Hall–Kier alpha value is -2.87. The highest BCUT2D eigenvalue weighted by molar-refractivity contribution is 7.99. The molecule has 0 radical (unpaired) electrons. The summed E-state index contributed by atoms with van der Waals surface area (Å²) >= 11 is 1.55. The molecule has 1 atom stereocenters. The van der Waals surface area contributed by atoms with Gasteiger partial charge in [-0.1, -0.05) is 12.1 Å². The molecule has 0 N–H and O–H groups in total. The molecule has 1 amide bonds. The topological polar surface area (TPSA) is 47.4 Å². The van der Waals surface area contributed by atoms with Crippen molar-refractivity contribution < 1.29 is 18.3 Å². The monoisotopic (exact) mass is 443 g/mol. The number of benzene rings is 2. The first-order valence-corrected chi connectivity index (χ1v) is 11.1. The molecular formula is C23H23F2N3O2S. The van der Waals surface area contributed by atoms with Gasteiger partial charge in [-0.15, -0.1) is 0 Å². The van der Waals surface area contributed by atoms with E-state index >= 15 is 0 Å². The van der Waals surface area contributed by atoms with Crippen molar-refractivity contribution in [2.24, 2.45) is 7.05 Å². The molecule has 8 heteroatoms. The van der Waals surface area contributed by atoms with Crippen molar-refractivity contribution in [3.8, 4) is 17.0 Å². The highest BCUT2D eigenvalue weighted by Crippen LogP contribution is 2.36. The second-order valence-electron chi connectivity index (χ2n) is 7.38. The summed E-state index contributed by atoms with van der Waals surface area (Å²) in [6.07, 6.45) is 0.553. The highest BCUT2D eigenvalue weighted by atomic mass is 32.2. The molecule has 1 fully saturated rings. The molecule has 31 heavy (non-hydrogen) atoms. The number of aryl methyl sites for hydroxylation is 1. The lowest BCUT2D eigenvalue weighted by molar-refractivity contribution is 0.0755. The number of carbonyl (C=O) groups is 1. The number of hydrogen-bond acceptors (Lipinski definition) is 4. The van der Waals surface area contributed by atoms with Gasteiger partial charge in [0.2, 0.25) is 0 Å². The number of nitrogens with zero attached hydrogens (tertiary/aromatic N) is 3. The third-order valence-electron chi connectivity index (χ3n) is 5.40. The van der Waals surface area contributed by atoms with Gasteiger partial charge in [-0.25, -0.2) is 8.78 Å². The van der Waals surface area contributed by atoms with Crippen LogP contribution < -0.4 is 4.74 Å². The van der Waals surface area contributed by atoms with Crippen LogP contribution in [0.5, 0.6) is 5.75 Å². The fourth-order valence-corrected chi connectivity index (χ4v) is 4.98. The van der Waals surface area contributed by atoms with Crippen LogP contribution in [0.1, 0.15) is 27.7 Å². The van der Waals surface area contributed by atoms with Crippen LogP contribution in [-0.4, -0.2) is 46.5 Å². The number of carbonyl (C=O) groups excluding carboxylic acids is 1. The third kappa shape index (κ3) is 4.58. The molecule has 5 nitrogen and oxygen atoms in total. The Morgan fingerprint density at radius 2 is 2.00 bits per heavy atom. The zero-order chi connectivity index (χ0) is 22.0. The standard InChI is InChI=1S/C23H23F2N3O2S/c1-27-21(14-20(26-27)15-4-3-5-17(12-15)30-2)23(29)28-9-8-22(31-11-10-28)18-13-16(24)6-7-19(18)25/h3-7,12-14,22H,8-11H2,1-2H3. The van der Waals surface area contributed by atoms with Crippen molar-refractivity contribution in [1.29, 1.82) is 0 Å². The van der Waals surface area contributed by atoms with Gasteiger partial charge in [0.1, 0.15) is 23.1 Å². The van der Waals surface area contributed by atoms with E-state index in [0.29, 0.717) is 42.2 Å². The first-order chi connectivity index (χ1) is 15.0. The Bertz CT molecular complexity index is 1100. The molecule has 4 rings (SSSR count). The Morgan fingerprint density at radius 1 is 1.16 bits per heavy atom. The zero-order valence-electron chi connectivity index (χ0n) is 17.3. The molecule has 0 bridgehead atoms. The molecular weight excluding hydrogens is 420 g/mol. The number of hydrogen-bond donors (Lipinski definition) is 0. The van der Waals surface area contributed by atoms with E-state index in [0.717, 1.165) is 23.4 Å².